The molecule has 11 heteroatoms. The molecule has 3 aromatic carbocycles. The number of thiazole rings is 1. The van der Waals surface area contributed by atoms with Crippen LogP contribution in [0.4, 0.5) is 21.0 Å². The van der Waals surface area contributed by atoms with Gasteiger partial charge >= 0.3 is 12.2 Å². The standard InChI is InChI=1S/C33H36N4O5S2/c1-21(2)41-31(38)35-24-13-11-23(12-14-24)30-34-19-28(43-30)27-16-15-25(18-29(27)44(40)36-33(3,4)5)37-20-26(42-32(37)39)17-22-9-7-6-8-10-22/h6-16,18-19,21,26,36H,17,20H2,1-5H3,(H,35,38). The fourth-order valence-corrected chi connectivity index (χ4v) is 6.97. The highest BCUT2D eigenvalue weighted by Gasteiger charge is 2.34. The predicted molar refractivity (Wildman–Crippen MR) is 175 cm³/mol. The molecule has 1 aliphatic rings. The molecule has 2 atom stereocenters. The van der Waals surface area contributed by atoms with E-state index in [1.54, 1.807) is 43.1 Å². The summed E-state index contributed by atoms with van der Waals surface area (Å²) >= 11 is -0.111. The van der Waals surface area contributed by atoms with Crippen LogP contribution in [0.3, 0.4) is 0 Å². The second kappa shape index (κ2) is 13.4. The van der Waals surface area contributed by atoms with Crippen LogP contribution in [0.15, 0.2) is 83.9 Å². The number of nitrogens with one attached hydrogen (secondary N) is 2. The lowest BCUT2D eigenvalue weighted by molar-refractivity contribution is 0.130. The third-order valence-electron chi connectivity index (χ3n) is 6.55. The lowest BCUT2D eigenvalue weighted by Gasteiger charge is -2.23. The quantitative estimate of drug-likeness (QED) is 0.185. The zero-order valence-electron chi connectivity index (χ0n) is 25.3. The number of carbonyl (C=O) groups excluding carboxylic acids is 2. The first-order valence-electron chi connectivity index (χ1n) is 14.3. The lowest BCUT2D eigenvalue weighted by atomic mass is 10.1. The largest absolute Gasteiger partial charge is 0.593 e. The third-order valence-corrected chi connectivity index (χ3v) is 9.16. The van der Waals surface area contributed by atoms with Gasteiger partial charge in [-0.05, 0) is 76.6 Å². The van der Waals surface area contributed by atoms with Gasteiger partial charge < -0.3 is 14.0 Å². The molecule has 4 aromatic rings. The Kier molecular flexibility index (Phi) is 9.59. The van der Waals surface area contributed by atoms with Gasteiger partial charge in [-0.2, -0.15) is 0 Å². The number of carbonyl (C=O) groups is 2. The molecule has 0 aliphatic carbocycles. The van der Waals surface area contributed by atoms with Gasteiger partial charge in [-0.25, -0.2) is 14.6 Å². The van der Waals surface area contributed by atoms with Gasteiger partial charge in [-0.3, -0.25) is 10.2 Å². The molecular weight excluding hydrogens is 597 g/mol. The van der Waals surface area contributed by atoms with Crippen LogP contribution in [0.25, 0.3) is 21.0 Å². The number of rotatable bonds is 9. The van der Waals surface area contributed by atoms with E-state index in [0.29, 0.717) is 29.2 Å². The molecule has 230 valence electrons. The summed E-state index contributed by atoms with van der Waals surface area (Å²) in [7, 11) is 0. The molecule has 1 saturated heterocycles. The van der Waals surface area contributed by atoms with Crippen LogP contribution in [0, 0.1) is 0 Å². The SMILES string of the molecule is CC(C)OC(=O)Nc1ccc(-c2ncc(-c3ccc(N4CC(Cc5ccccc5)OC4=O)cc3[S+]([O-])NC(C)(C)C)s2)cc1. The van der Waals surface area contributed by atoms with E-state index in [4.69, 9.17) is 9.47 Å². The second-order valence-corrected chi connectivity index (χ2v) is 14.0. The van der Waals surface area contributed by atoms with Crippen molar-refractivity contribution in [2.24, 2.45) is 0 Å². The number of cyclic esters (lactones) is 1. The first-order valence-corrected chi connectivity index (χ1v) is 16.3. The van der Waals surface area contributed by atoms with E-state index in [9.17, 15) is 14.1 Å². The molecule has 1 aliphatic heterocycles. The molecule has 44 heavy (non-hydrogen) atoms. The Morgan fingerprint density at radius 3 is 2.55 bits per heavy atom. The smallest absolute Gasteiger partial charge is 0.414 e. The summed E-state index contributed by atoms with van der Waals surface area (Å²) in [4.78, 5) is 32.4. The Balaban J connectivity index is 1.39. The summed E-state index contributed by atoms with van der Waals surface area (Å²) in [6.45, 7) is 9.83. The van der Waals surface area contributed by atoms with E-state index in [0.717, 1.165) is 26.6 Å². The van der Waals surface area contributed by atoms with Crippen molar-refractivity contribution in [2.45, 2.75) is 63.7 Å². The van der Waals surface area contributed by atoms with Gasteiger partial charge in [0.15, 0.2) is 4.90 Å². The highest BCUT2D eigenvalue weighted by atomic mass is 32.2. The maximum Gasteiger partial charge on any atom is 0.414 e. The zero-order chi connectivity index (χ0) is 31.4. The maximum atomic E-state index is 13.7. The molecule has 2 unspecified atom stereocenters. The molecule has 1 fully saturated rings. The minimum absolute atomic E-state index is 0.212. The summed E-state index contributed by atoms with van der Waals surface area (Å²) < 4.78 is 27.7. The maximum absolute atomic E-state index is 13.7. The Hall–Kier alpha value is -3.90. The van der Waals surface area contributed by atoms with Gasteiger partial charge in [0.25, 0.3) is 0 Å². The number of hydrogen-bond donors (Lipinski definition) is 2. The molecule has 0 spiro atoms. The Morgan fingerprint density at radius 1 is 1.14 bits per heavy atom. The predicted octanol–water partition coefficient (Wildman–Crippen LogP) is 7.41. The number of anilines is 2. The Bertz CT molecular complexity index is 1600. The van der Waals surface area contributed by atoms with Crippen LogP contribution in [0.2, 0.25) is 0 Å². The molecule has 0 bridgehead atoms. The van der Waals surface area contributed by atoms with Gasteiger partial charge in [-0.1, -0.05) is 30.3 Å². The van der Waals surface area contributed by atoms with Crippen LogP contribution < -0.4 is 14.9 Å². The van der Waals surface area contributed by atoms with Crippen molar-refractivity contribution in [1.82, 2.24) is 9.71 Å². The topological polar surface area (TPSA) is 116 Å². The van der Waals surface area contributed by atoms with Crippen molar-refractivity contribution in [2.75, 3.05) is 16.8 Å². The summed E-state index contributed by atoms with van der Waals surface area (Å²) in [5.74, 6) is 0. The Morgan fingerprint density at radius 2 is 1.86 bits per heavy atom. The third kappa shape index (κ3) is 7.97. The molecule has 0 radical (unpaired) electrons. The van der Waals surface area contributed by atoms with E-state index >= 15 is 0 Å². The molecule has 2 N–H and O–H groups in total. The fraction of sp³-hybridized carbons (Fsp3) is 0.303. The van der Waals surface area contributed by atoms with Crippen LogP contribution >= 0.6 is 11.3 Å². The molecule has 1 aromatic heterocycles. The van der Waals surface area contributed by atoms with Crippen LogP contribution in [0.5, 0.6) is 0 Å². The number of hydrogen-bond acceptors (Lipinski definition) is 8. The van der Waals surface area contributed by atoms with Gasteiger partial charge in [0.2, 0.25) is 0 Å². The average Bonchev–Trinajstić information content (AvgIpc) is 3.59. The van der Waals surface area contributed by atoms with Gasteiger partial charge in [0.05, 0.1) is 45.7 Å². The fourth-order valence-electron chi connectivity index (χ4n) is 4.67. The highest BCUT2D eigenvalue weighted by Crippen LogP contribution is 2.38. The normalized spacial score (nSPS) is 15.8. The summed E-state index contributed by atoms with van der Waals surface area (Å²) in [5, 5.41) is 3.48. The molecule has 0 saturated carbocycles. The first-order chi connectivity index (χ1) is 20.9. The lowest BCUT2D eigenvalue weighted by Crippen LogP contribution is -2.40. The highest BCUT2D eigenvalue weighted by molar-refractivity contribution is 7.89. The van der Waals surface area contributed by atoms with E-state index in [1.807, 2.05) is 75.4 Å². The number of aromatic nitrogens is 1. The molecule has 5 rings (SSSR count). The molecule has 9 nitrogen and oxygen atoms in total. The summed E-state index contributed by atoms with van der Waals surface area (Å²) in [6, 6.07) is 22.8. The van der Waals surface area contributed by atoms with E-state index in [1.165, 1.54) is 11.3 Å². The van der Waals surface area contributed by atoms with Crippen molar-refractivity contribution in [3.05, 3.63) is 84.6 Å². The van der Waals surface area contributed by atoms with Crippen molar-refractivity contribution in [1.29, 1.82) is 0 Å². The summed E-state index contributed by atoms with van der Waals surface area (Å²) in [6.07, 6.45) is 0.960. The number of ether oxygens (including phenoxy) is 2. The van der Waals surface area contributed by atoms with Crippen molar-refractivity contribution in [3.63, 3.8) is 0 Å². The molecular formula is C33H36N4O5S2. The van der Waals surface area contributed by atoms with E-state index in [2.05, 4.69) is 15.0 Å². The van der Waals surface area contributed by atoms with Gasteiger partial charge in [0, 0.05) is 29.9 Å². The number of benzene rings is 3. The summed E-state index contributed by atoms with van der Waals surface area (Å²) in [5.41, 5.74) is 3.55. The van der Waals surface area contributed by atoms with Crippen molar-refractivity contribution >= 4 is 46.3 Å². The average molecular weight is 633 g/mol. The van der Waals surface area contributed by atoms with Crippen LogP contribution in [-0.2, 0) is 27.3 Å². The second-order valence-electron chi connectivity index (χ2n) is 11.8. The minimum Gasteiger partial charge on any atom is -0.593 e. The molecule has 2 amide bonds. The first kappa shape index (κ1) is 31.5. The minimum atomic E-state index is -1.58. The van der Waals surface area contributed by atoms with E-state index < -0.39 is 29.1 Å². The monoisotopic (exact) mass is 632 g/mol. The van der Waals surface area contributed by atoms with Crippen molar-refractivity contribution < 1.29 is 23.6 Å². The number of amides is 2. The van der Waals surface area contributed by atoms with Gasteiger partial charge in [0.1, 0.15) is 11.1 Å². The number of nitrogens with zero attached hydrogens (tertiary/aromatic N) is 2. The Labute approximate surface area is 264 Å². The van der Waals surface area contributed by atoms with Crippen molar-refractivity contribution in [3.8, 4) is 21.0 Å². The van der Waals surface area contributed by atoms with Gasteiger partial charge in [-0.15, -0.1) is 16.1 Å². The van der Waals surface area contributed by atoms with E-state index in [-0.39, 0.29) is 12.2 Å². The zero-order valence-corrected chi connectivity index (χ0v) is 27.0. The van der Waals surface area contributed by atoms with Crippen LogP contribution in [0.1, 0.15) is 40.2 Å². The molecule has 2 heterocycles. The van der Waals surface area contributed by atoms with Crippen LogP contribution in [-0.4, -0.2) is 46.0 Å².